The molecule has 1 unspecified atom stereocenters. The second-order valence-corrected chi connectivity index (χ2v) is 6.55. The molecule has 0 aromatic heterocycles. The van der Waals surface area contributed by atoms with Crippen LogP contribution in [-0.4, -0.2) is 87.9 Å². The molecule has 2 N–H and O–H groups in total. The van der Waals surface area contributed by atoms with E-state index in [-0.39, 0.29) is 6.10 Å². The minimum atomic E-state index is 0.240. The molecule has 0 aromatic carbocycles. The van der Waals surface area contributed by atoms with Crippen molar-refractivity contribution in [3.8, 4) is 0 Å². The quantitative estimate of drug-likeness (QED) is 0.486. The molecule has 1 fully saturated rings. The van der Waals surface area contributed by atoms with E-state index in [1.165, 1.54) is 0 Å². The molecule has 1 rings (SSSR count). The minimum Gasteiger partial charge on any atom is -0.374 e. The zero-order chi connectivity index (χ0) is 17.1. The van der Waals surface area contributed by atoms with Crippen LogP contribution in [0.25, 0.3) is 0 Å². The summed E-state index contributed by atoms with van der Waals surface area (Å²) in [6.07, 6.45) is 0.240. The van der Waals surface area contributed by atoms with Gasteiger partial charge in [0.1, 0.15) is 0 Å². The van der Waals surface area contributed by atoms with Gasteiger partial charge in [0.05, 0.1) is 12.7 Å². The minimum absolute atomic E-state index is 0.240. The van der Waals surface area contributed by atoms with Gasteiger partial charge in [-0.15, -0.1) is 0 Å². The zero-order valence-corrected chi connectivity index (χ0v) is 15.8. The summed E-state index contributed by atoms with van der Waals surface area (Å²) < 4.78 is 5.87. The third-order valence-corrected chi connectivity index (χ3v) is 4.18. The molecule has 1 aliphatic rings. The summed E-state index contributed by atoms with van der Waals surface area (Å²) in [5, 5.41) is 6.77. The Hall–Kier alpha value is -0.850. The Kier molecular flexibility index (Phi) is 10.2. The molecule has 0 bridgehead atoms. The molecule has 0 amide bonds. The van der Waals surface area contributed by atoms with Crippen molar-refractivity contribution in [3.63, 3.8) is 0 Å². The number of ether oxygens (including phenoxy) is 1. The Labute approximate surface area is 142 Å². The average molecular weight is 328 g/mol. The molecule has 0 radical (unpaired) electrons. The first-order valence-electron chi connectivity index (χ1n) is 9.09. The summed E-state index contributed by atoms with van der Waals surface area (Å²) in [6, 6.07) is 0. The van der Waals surface area contributed by atoms with Gasteiger partial charge in [-0.05, 0) is 19.0 Å². The van der Waals surface area contributed by atoms with Crippen molar-refractivity contribution in [2.45, 2.75) is 33.8 Å². The van der Waals surface area contributed by atoms with Crippen LogP contribution >= 0.6 is 0 Å². The fourth-order valence-electron chi connectivity index (χ4n) is 2.89. The van der Waals surface area contributed by atoms with Crippen LogP contribution in [0.5, 0.6) is 0 Å². The Morgan fingerprint density at radius 3 is 2.65 bits per heavy atom. The topological polar surface area (TPSA) is 52.1 Å². The molecule has 136 valence electrons. The SMILES string of the molecule is CCN(CC)CCNC(=NC)NCC1CN(CC(C)C)CCO1. The first-order valence-corrected chi connectivity index (χ1v) is 9.09. The molecule has 6 heteroatoms. The monoisotopic (exact) mass is 327 g/mol. The molecule has 1 saturated heterocycles. The molecule has 1 heterocycles. The highest BCUT2D eigenvalue weighted by Crippen LogP contribution is 2.07. The summed E-state index contributed by atoms with van der Waals surface area (Å²) in [6.45, 7) is 17.9. The predicted octanol–water partition coefficient (Wildman–Crippen LogP) is 0.850. The van der Waals surface area contributed by atoms with E-state index in [0.717, 1.165) is 64.9 Å². The van der Waals surface area contributed by atoms with Crippen LogP contribution in [0.2, 0.25) is 0 Å². The smallest absolute Gasteiger partial charge is 0.191 e. The van der Waals surface area contributed by atoms with Crippen LogP contribution < -0.4 is 10.6 Å². The fourth-order valence-corrected chi connectivity index (χ4v) is 2.89. The van der Waals surface area contributed by atoms with Gasteiger partial charge in [-0.1, -0.05) is 27.7 Å². The molecular formula is C17H37N5O. The molecule has 0 saturated carbocycles. The van der Waals surface area contributed by atoms with Crippen LogP contribution in [-0.2, 0) is 4.74 Å². The van der Waals surface area contributed by atoms with Gasteiger partial charge in [-0.2, -0.15) is 0 Å². The van der Waals surface area contributed by atoms with E-state index in [9.17, 15) is 0 Å². The third kappa shape index (κ3) is 8.53. The van der Waals surface area contributed by atoms with E-state index < -0.39 is 0 Å². The Balaban J connectivity index is 2.25. The largest absolute Gasteiger partial charge is 0.374 e. The van der Waals surface area contributed by atoms with Crippen molar-refractivity contribution >= 4 is 5.96 Å². The van der Waals surface area contributed by atoms with E-state index in [1.807, 2.05) is 7.05 Å². The van der Waals surface area contributed by atoms with Gasteiger partial charge < -0.3 is 20.3 Å². The maximum absolute atomic E-state index is 5.87. The number of nitrogens with zero attached hydrogens (tertiary/aromatic N) is 3. The number of guanidine groups is 1. The predicted molar refractivity (Wildman–Crippen MR) is 98.2 cm³/mol. The van der Waals surface area contributed by atoms with E-state index in [0.29, 0.717) is 5.92 Å². The molecule has 0 aliphatic carbocycles. The lowest BCUT2D eigenvalue weighted by Gasteiger charge is -2.34. The molecule has 0 aromatic rings. The lowest BCUT2D eigenvalue weighted by molar-refractivity contribution is -0.0284. The van der Waals surface area contributed by atoms with Gasteiger partial charge in [-0.25, -0.2) is 0 Å². The molecule has 1 atom stereocenters. The average Bonchev–Trinajstić information content (AvgIpc) is 2.54. The lowest BCUT2D eigenvalue weighted by atomic mass is 10.2. The highest BCUT2D eigenvalue weighted by molar-refractivity contribution is 5.79. The van der Waals surface area contributed by atoms with Gasteiger partial charge in [0.15, 0.2) is 5.96 Å². The molecule has 23 heavy (non-hydrogen) atoms. The Morgan fingerprint density at radius 1 is 1.30 bits per heavy atom. The van der Waals surface area contributed by atoms with Crippen molar-refractivity contribution in [3.05, 3.63) is 0 Å². The maximum atomic E-state index is 5.87. The maximum Gasteiger partial charge on any atom is 0.191 e. The van der Waals surface area contributed by atoms with Crippen LogP contribution in [0.1, 0.15) is 27.7 Å². The van der Waals surface area contributed by atoms with Crippen molar-refractivity contribution in [1.82, 2.24) is 20.4 Å². The van der Waals surface area contributed by atoms with E-state index in [4.69, 9.17) is 4.74 Å². The van der Waals surface area contributed by atoms with Crippen LogP contribution in [0.4, 0.5) is 0 Å². The number of hydrogen-bond donors (Lipinski definition) is 2. The highest BCUT2D eigenvalue weighted by Gasteiger charge is 2.20. The second-order valence-electron chi connectivity index (χ2n) is 6.55. The van der Waals surface area contributed by atoms with Gasteiger partial charge in [0.25, 0.3) is 0 Å². The summed E-state index contributed by atoms with van der Waals surface area (Å²) in [4.78, 5) is 9.19. The van der Waals surface area contributed by atoms with Crippen molar-refractivity contribution in [2.24, 2.45) is 10.9 Å². The summed E-state index contributed by atoms with van der Waals surface area (Å²) in [5.74, 6) is 1.57. The number of hydrogen-bond acceptors (Lipinski definition) is 4. The van der Waals surface area contributed by atoms with Gasteiger partial charge >= 0.3 is 0 Å². The van der Waals surface area contributed by atoms with Gasteiger partial charge in [0, 0.05) is 46.3 Å². The molecule has 6 nitrogen and oxygen atoms in total. The number of nitrogens with one attached hydrogen (secondary N) is 2. The first kappa shape index (κ1) is 20.2. The van der Waals surface area contributed by atoms with Crippen LogP contribution in [0.15, 0.2) is 4.99 Å². The van der Waals surface area contributed by atoms with Gasteiger partial charge in [0.2, 0.25) is 0 Å². The van der Waals surface area contributed by atoms with Crippen molar-refractivity contribution in [2.75, 3.05) is 66.0 Å². The standard InChI is InChI=1S/C17H37N5O/c1-6-21(7-2)9-8-19-17(18-5)20-12-16-14-22(10-11-23-16)13-15(3)4/h15-16H,6-14H2,1-5H3,(H2,18,19,20). The lowest BCUT2D eigenvalue weighted by Crippen LogP contribution is -2.50. The Bertz CT molecular complexity index is 331. The number of rotatable bonds is 9. The second kappa shape index (κ2) is 11.6. The number of likely N-dealkylation sites (N-methyl/N-ethyl adjacent to an activating group) is 1. The van der Waals surface area contributed by atoms with E-state index in [2.05, 4.69) is 53.1 Å². The third-order valence-electron chi connectivity index (χ3n) is 4.18. The van der Waals surface area contributed by atoms with Crippen molar-refractivity contribution in [1.29, 1.82) is 0 Å². The van der Waals surface area contributed by atoms with Gasteiger partial charge in [-0.3, -0.25) is 9.89 Å². The van der Waals surface area contributed by atoms with Crippen molar-refractivity contribution < 1.29 is 4.74 Å². The first-order chi connectivity index (χ1) is 11.1. The molecular weight excluding hydrogens is 290 g/mol. The number of morpholine rings is 1. The molecule has 0 spiro atoms. The number of aliphatic imine (C=N–C) groups is 1. The van der Waals surface area contributed by atoms with E-state index in [1.54, 1.807) is 0 Å². The summed E-state index contributed by atoms with van der Waals surface area (Å²) in [7, 11) is 1.82. The zero-order valence-electron chi connectivity index (χ0n) is 15.8. The highest BCUT2D eigenvalue weighted by atomic mass is 16.5. The fraction of sp³-hybridized carbons (Fsp3) is 0.941. The van der Waals surface area contributed by atoms with Crippen LogP contribution in [0, 0.1) is 5.92 Å². The van der Waals surface area contributed by atoms with Crippen LogP contribution in [0.3, 0.4) is 0 Å². The summed E-state index contributed by atoms with van der Waals surface area (Å²) in [5.41, 5.74) is 0. The van der Waals surface area contributed by atoms with E-state index >= 15 is 0 Å². The Morgan fingerprint density at radius 2 is 2.04 bits per heavy atom. The summed E-state index contributed by atoms with van der Waals surface area (Å²) >= 11 is 0. The normalized spacial score (nSPS) is 20.3. The molecule has 1 aliphatic heterocycles.